The number of ether oxygens (including phenoxy) is 1. The summed E-state index contributed by atoms with van der Waals surface area (Å²) in [5.41, 5.74) is 1.94. The van der Waals surface area contributed by atoms with Crippen LogP contribution in [0.25, 0.3) is 11.1 Å². The summed E-state index contributed by atoms with van der Waals surface area (Å²) in [6.45, 7) is 0. The second-order valence-electron chi connectivity index (χ2n) is 9.00. The lowest BCUT2D eigenvalue weighted by molar-refractivity contribution is -0.140. The number of anilines is 1. The molecular weight excluding hydrogens is 450 g/mol. The van der Waals surface area contributed by atoms with Crippen LogP contribution in [0.2, 0.25) is 0 Å². The van der Waals surface area contributed by atoms with Crippen LogP contribution in [0.15, 0.2) is 34.1 Å². The van der Waals surface area contributed by atoms with Crippen molar-refractivity contribution in [2.24, 2.45) is 23.2 Å². The van der Waals surface area contributed by atoms with Crippen molar-refractivity contribution in [2.75, 3.05) is 12.4 Å². The van der Waals surface area contributed by atoms with E-state index >= 15 is 0 Å². The zero-order chi connectivity index (χ0) is 20.2. The number of halogens is 1. The highest BCUT2D eigenvalue weighted by Gasteiger charge is 2.54. The Balaban J connectivity index is 1.46. The molecule has 29 heavy (non-hydrogen) atoms. The molecular formula is C23H24BrNO3S. The van der Waals surface area contributed by atoms with Crippen molar-refractivity contribution in [1.82, 2.24) is 0 Å². The Labute approximate surface area is 183 Å². The number of methoxy groups -OCH3 is 1. The van der Waals surface area contributed by atoms with Crippen LogP contribution in [0, 0.1) is 23.2 Å². The summed E-state index contributed by atoms with van der Waals surface area (Å²) >= 11 is 4.85. The first-order valence-electron chi connectivity index (χ1n) is 10.2. The number of esters is 1. The van der Waals surface area contributed by atoms with Gasteiger partial charge in [0.25, 0.3) is 0 Å². The van der Waals surface area contributed by atoms with Gasteiger partial charge in [-0.05, 0) is 74.0 Å². The number of carbonyl (C=O) groups is 2. The summed E-state index contributed by atoms with van der Waals surface area (Å²) < 4.78 is 6.04. The third-order valence-electron chi connectivity index (χ3n) is 7.08. The van der Waals surface area contributed by atoms with Crippen LogP contribution >= 0.6 is 27.3 Å². The predicted molar refractivity (Wildman–Crippen MR) is 118 cm³/mol. The number of amides is 1. The molecule has 1 aromatic heterocycles. The van der Waals surface area contributed by atoms with E-state index in [0.29, 0.717) is 28.3 Å². The first-order chi connectivity index (χ1) is 14.0. The first kappa shape index (κ1) is 19.3. The van der Waals surface area contributed by atoms with Gasteiger partial charge in [-0.2, -0.15) is 0 Å². The molecule has 0 aliphatic heterocycles. The van der Waals surface area contributed by atoms with Gasteiger partial charge in [0, 0.05) is 15.4 Å². The number of nitrogens with one attached hydrogen (secondary N) is 1. The number of carbonyl (C=O) groups excluding carboxylic acids is 2. The SMILES string of the molecule is COC(=O)c1c(-c2ccc(Br)cc2)csc1NC(=O)C12CC3CC(CC(C3)C1)C2. The number of hydrogen-bond acceptors (Lipinski definition) is 4. The number of rotatable bonds is 4. The molecule has 4 aliphatic carbocycles. The van der Waals surface area contributed by atoms with Crippen LogP contribution in [0.5, 0.6) is 0 Å². The molecule has 4 aliphatic rings. The van der Waals surface area contributed by atoms with E-state index in [1.54, 1.807) is 0 Å². The van der Waals surface area contributed by atoms with Gasteiger partial charge in [-0.25, -0.2) is 4.79 Å². The Hall–Kier alpha value is -1.66. The second kappa shape index (κ2) is 7.24. The van der Waals surface area contributed by atoms with E-state index in [-0.39, 0.29) is 11.3 Å². The molecule has 6 heteroatoms. The standard InChI is InChI=1S/C23H24BrNO3S/c1-28-21(26)19-18(16-2-4-17(24)5-3-16)12-29-20(19)25-22(27)23-9-13-6-14(10-23)8-15(7-13)11-23/h2-5,12-15H,6-11H2,1H3,(H,25,27). The number of thiophene rings is 1. The van der Waals surface area contributed by atoms with Gasteiger partial charge in [0.15, 0.2) is 0 Å². The zero-order valence-corrected chi connectivity index (χ0v) is 18.8. The highest BCUT2D eigenvalue weighted by molar-refractivity contribution is 9.10. The topological polar surface area (TPSA) is 55.4 Å². The van der Waals surface area contributed by atoms with Crippen LogP contribution < -0.4 is 5.32 Å². The summed E-state index contributed by atoms with van der Waals surface area (Å²) in [6, 6.07) is 7.82. The van der Waals surface area contributed by atoms with E-state index < -0.39 is 5.97 Å². The maximum absolute atomic E-state index is 13.5. The van der Waals surface area contributed by atoms with Gasteiger partial charge in [-0.15, -0.1) is 11.3 Å². The maximum Gasteiger partial charge on any atom is 0.341 e. The van der Waals surface area contributed by atoms with Crippen LogP contribution in [0.4, 0.5) is 5.00 Å². The molecule has 0 atom stereocenters. The third kappa shape index (κ3) is 3.34. The highest BCUT2D eigenvalue weighted by atomic mass is 79.9. The van der Waals surface area contributed by atoms with Gasteiger partial charge < -0.3 is 10.1 Å². The second-order valence-corrected chi connectivity index (χ2v) is 10.8. The molecule has 0 unspecified atom stereocenters. The summed E-state index contributed by atoms with van der Waals surface area (Å²) in [6.07, 6.45) is 6.90. The van der Waals surface area contributed by atoms with Gasteiger partial charge in [-0.3, -0.25) is 4.79 Å². The number of benzene rings is 1. The Morgan fingerprint density at radius 3 is 2.21 bits per heavy atom. The summed E-state index contributed by atoms with van der Waals surface area (Å²) in [7, 11) is 1.38. The molecule has 4 nitrogen and oxygen atoms in total. The minimum atomic E-state index is -0.412. The largest absolute Gasteiger partial charge is 0.465 e. The van der Waals surface area contributed by atoms with Gasteiger partial charge in [0.1, 0.15) is 10.6 Å². The zero-order valence-electron chi connectivity index (χ0n) is 16.4. The minimum absolute atomic E-state index is 0.103. The van der Waals surface area contributed by atoms with Crippen molar-refractivity contribution in [3.8, 4) is 11.1 Å². The monoisotopic (exact) mass is 473 g/mol. The molecule has 0 spiro atoms. The lowest BCUT2D eigenvalue weighted by Gasteiger charge is -2.55. The summed E-state index contributed by atoms with van der Waals surface area (Å²) in [5, 5.41) is 5.70. The van der Waals surface area contributed by atoms with Crippen LogP contribution in [-0.2, 0) is 9.53 Å². The Morgan fingerprint density at radius 2 is 1.66 bits per heavy atom. The fourth-order valence-corrected chi connectivity index (χ4v) is 7.44. The van der Waals surface area contributed by atoms with Crippen molar-refractivity contribution >= 4 is 44.1 Å². The van der Waals surface area contributed by atoms with Crippen LogP contribution in [0.3, 0.4) is 0 Å². The van der Waals surface area contributed by atoms with E-state index in [1.165, 1.54) is 37.7 Å². The molecule has 1 amide bonds. The molecule has 2 aromatic rings. The van der Waals surface area contributed by atoms with Crippen molar-refractivity contribution in [3.63, 3.8) is 0 Å². The Kier molecular flexibility index (Phi) is 4.82. The van der Waals surface area contributed by atoms with Gasteiger partial charge in [0.05, 0.1) is 12.5 Å². The molecule has 1 aromatic carbocycles. The van der Waals surface area contributed by atoms with E-state index in [0.717, 1.165) is 34.9 Å². The highest BCUT2D eigenvalue weighted by Crippen LogP contribution is 2.60. The van der Waals surface area contributed by atoms with Crippen molar-refractivity contribution in [1.29, 1.82) is 0 Å². The lowest BCUT2D eigenvalue weighted by Crippen LogP contribution is -2.51. The van der Waals surface area contributed by atoms with E-state index in [9.17, 15) is 9.59 Å². The summed E-state index contributed by atoms with van der Waals surface area (Å²) in [5.74, 6) is 1.80. The van der Waals surface area contributed by atoms with Crippen molar-refractivity contribution in [3.05, 3.63) is 39.7 Å². The molecule has 6 rings (SSSR count). The first-order valence-corrected chi connectivity index (χ1v) is 11.9. The third-order valence-corrected chi connectivity index (χ3v) is 8.51. The molecule has 1 heterocycles. The molecule has 4 saturated carbocycles. The molecule has 4 bridgehead atoms. The minimum Gasteiger partial charge on any atom is -0.465 e. The molecule has 0 radical (unpaired) electrons. The fourth-order valence-electron chi connectivity index (χ4n) is 6.22. The van der Waals surface area contributed by atoms with E-state index in [1.807, 2.05) is 29.6 Å². The quantitative estimate of drug-likeness (QED) is 0.544. The molecule has 0 saturated heterocycles. The van der Waals surface area contributed by atoms with Gasteiger partial charge in [0.2, 0.25) is 5.91 Å². The van der Waals surface area contributed by atoms with Crippen LogP contribution in [0.1, 0.15) is 48.9 Å². The van der Waals surface area contributed by atoms with Crippen LogP contribution in [-0.4, -0.2) is 19.0 Å². The average molecular weight is 474 g/mol. The number of hydrogen-bond donors (Lipinski definition) is 1. The molecule has 4 fully saturated rings. The summed E-state index contributed by atoms with van der Waals surface area (Å²) in [4.78, 5) is 26.1. The normalized spacial score (nSPS) is 29.7. The molecule has 1 N–H and O–H groups in total. The Bertz CT molecular complexity index is 930. The van der Waals surface area contributed by atoms with E-state index in [2.05, 4.69) is 21.2 Å². The van der Waals surface area contributed by atoms with Gasteiger partial charge in [-0.1, -0.05) is 28.1 Å². The van der Waals surface area contributed by atoms with E-state index in [4.69, 9.17) is 4.74 Å². The molecule has 152 valence electrons. The predicted octanol–water partition coefficient (Wildman–Crippen LogP) is 6.12. The van der Waals surface area contributed by atoms with Crippen molar-refractivity contribution in [2.45, 2.75) is 38.5 Å². The maximum atomic E-state index is 13.5. The Morgan fingerprint density at radius 1 is 1.07 bits per heavy atom. The average Bonchev–Trinajstić information content (AvgIpc) is 3.10. The smallest absolute Gasteiger partial charge is 0.341 e. The fraction of sp³-hybridized carbons (Fsp3) is 0.478. The lowest BCUT2D eigenvalue weighted by atomic mass is 9.49. The van der Waals surface area contributed by atoms with Gasteiger partial charge >= 0.3 is 5.97 Å². The van der Waals surface area contributed by atoms with Crippen molar-refractivity contribution < 1.29 is 14.3 Å².